The van der Waals surface area contributed by atoms with Crippen LogP contribution in [-0.4, -0.2) is 66.5 Å². The second-order valence-corrected chi connectivity index (χ2v) is 21.9. The summed E-state index contributed by atoms with van der Waals surface area (Å²) in [6.45, 7) is 4.38. The van der Waals surface area contributed by atoms with Crippen LogP contribution < -0.4 is 0 Å². The van der Waals surface area contributed by atoms with Gasteiger partial charge >= 0.3 is 25.7 Å². The van der Waals surface area contributed by atoms with Gasteiger partial charge in [-0.2, -0.15) is 0 Å². The Hall–Kier alpha value is -3.60. The Labute approximate surface area is 476 Å². The van der Waals surface area contributed by atoms with Gasteiger partial charge in [0.2, 0.25) is 0 Å². The maximum atomic E-state index is 12.9. The van der Waals surface area contributed by atoms with Crippen molar-refractivity contribution in [3.8, 4) is 0 Å². The summed E-state index contributed by atoms with van der Waals surface area (Å²) < 4.78 is 39.6. The molecule has 448 valence electrons. The molecule has 3 unspecified atom stereocenters. The fourth-order valence-corrected chi connectivity index (χ4v) is 9.08. The Morgan fingerprint density at radius 2 is 0.667 bits per heavy atom. The van der Waals surface area contributed by atoms with Gasteiger partial charge in [0.05, 0.1) is 19.8 Å². The number of ether oxygens (including phenoxy) is 3. The number of hydrogen-bond donors (Lipinski definition) is 2. The second-order valence-electron chi connectivity index (χ2n) is 20.5. The molecule has 0 heterocycles. The van der Waals surface area contributed by atoms with Crippen LogP contribution in [0.25, 0.3) is 0 Å². The summed E-state index contributed by atoms with van der Waals surface area (Å²) in [6.07, 6.45) is 70.8. The molecular weight excluding hydrogens is 1000 g/mol. The molecule has 0 spiro atoms. The van der Waals surface area contributed by atoms with E-state index in [9.17, 15) is 28.9 Å². The molecule has 0 bridgehead atoms. The second kappa shape index (κ2) is 59.5. The molecule has 0 saturated heterocycles. The zero-order valence-corrected chi connectivity index (χ0v) is 50.5. The smallest absolute Gasteiger partial charge is 0.462 e. The molecule has 0 radical (unpaired) electrons. The molecule has 2 N–H and O–H groups in total. The number of hydrogen-bond acceptors (Lipinski definition) is 10. The molecule has 0 aliphatic carbocycles. The summed E-state index contributed by atoms with van der Waals surface area (Å²) in [5.41, 5.74) is 0. The maximum Gasteiger partial charge on any atom is 0.472 e. The molecule has 0 aliphatic rings. The van der Waals surface area contributed by atoms with Crippen LogP contribution in [0.3, 0.4) is 0 Å². The van der Waals surface area contributed by atoms with Crippen LogP contribution in [0.4, 0.5) is 0 Å². The zero-order chi connectivity index (χ0) is 56.9. The van der Waals surface area contributed by atoms with E-state index < -0.39 is 57.8 Å². The first-order valence-electron chi connectivity index (χ1n) is 31.1. The molecular formula is C66H113O11P. The van der Waals surface area contributed by atoms with Crippen molar-refractivity contribution in [3.05, 3.63) is 97.2 Å². The first kappa shape index (κ1) is 74.4. The van der Waals surface area contributed by atoms with Crippen molar-refractivity contribution in [2.24, 2.45) is 0 Å². The molecule has 0 aromatic rings. The minimum absolute atomic E-state index is 0.141. The highest BCUT2D eigenvalue weighted by Crippen LogP contribution is 2.43. The molecule has 0 saturated carbocycles. The Bertz CT molecular complexity index is 1680. The van der Waals surface area contributed by atoms with Crippen LogP contribution in [0, 0.1) is 0 Å². The lowest BCUT2D eigenvalue weighted by atomic mass is 10.1. The van der Waals surface area contributed by atoms with Crippen molar-refractivity contribution in [2.45, 2.75) is 277 Å². The Morgan fingerprint density at radius 1 is 0.372 bits per heavy atom. The average Bonchev–Trinajstić information content (AvgIpc) is 3.43. The van der Waals surface area contributed by atoms with E-state index in [1.165, 1.54) is 83.5 Å². The lowest BCUT2D eigenvalue weighted by Crippen LogP contribution is -2.30. The van der Waals surface area contributed by atoms with Gasteiger partial charge in [-0.3, -0.25) is 23.4 Å². The van der Waals surface area contributed by atoms with Gasteiger partial charge < -0.3 is 24.2 Å². The molecule has 11 nitrogen and oxygen atoms in total. The molecule has 0 rings (SSSR count). The summed E-state index contributed by atoms with van der Waals surface area (Å²) in [5.74, 6) is -1.52. The number of phosphoric ester groups is 1. The predicted octanol–water partition coefficient (Wildman–Crippen LogP) is 18.8. The van der Waals surface area contributed by atoms with E-state index >= 15 is 0 Å². The van der Waals surface area contributed by atoms with Crippen molar-refractivity contribution in [2.75, 3.05) is 26.4 Å². The van der Waals surface area contributed by atoms with Gasteiger partial charge in [-0.15, -0.1) is 0 Å². The van der Waals surface area contributed by atoms with Crippen molar-refractivity contribution in [3.63, 3.8) is 0 Å². The lowest BCUT2D eigenvalue weighted by Gasteiger charge is -2.21. The molecule has 12 heteroatoms. The lowest BCUT2D eigenvalue weighted by molar-refractivity contribution is -0.161. The van der Waals surface area contributed by atoms with Crippen LogP contribution in [0.2, 0.25) is 0 Å². The SMILES string of the molecule is CC/C=C\C/C=C\C/C=C\C/C=C\CCCCCCCCC(=O)OC(COC(=O)CCCCC/C=C\C/C=C\C/C=C\CC)COP(=O)(O)OCC(CO)OC(=O)CCCCCCCCCCC/C=C\CCCCCCCC. The van der Waals surface area contributed by atoms with Gasteiger partial charge in [-0.05, 0) is 116 Å². The van der Waals surface area contributed by atoms with E-state index in [1.807, 2.05) is 0 Å². The molecule has 0 fully saturated rings. The monoisotopic (exact) mass is 1110 g/mol. The fraction of sp³-hybridized carbons (Fsp3) is 0.712. The molecule has 0 aromatic carbocycles. The Morgan fingerprint density at radius 3 is 1.05 bits per heavy atom. The van der Waals surface area contributed by atoms with Crippen LogP contribution in [-0.2, 0) is 42.2 Å². The van der Waals surface area contributed by atoms with E-state index in [0.29, 0.717) is 19.3 Å². The van der Waals surface area contributed by atoms with Crippen LogP contribution in [0.15, 0.2) is 97.2 Å². The number of esters is 3. The Balaban J connectivity index is 4.70. The van der Waals surface area contributed by atoms with Crippen LogP contribution >= 0.6 is 7.82 Å². The summed E-state index contributed by atoms with van der Waals surface area (Å²) in [6, 6.07) is 0. The third-order valence-corrected chi connectivity index (χ3v) is 13.9. The van der Waals surface area contributed by atoms with Crippen molar-refractivity contribution < 1.29 is 52.2 Å². The van der Waals surface area contributed by atoms with Gasteiger partial charge in [-0.25, -0.2) is 4.57 Å². The van der Waals surface area contributed by atoms with Gasteiger partial charge in [0, 0.05) is 19.3 Å². The quantitative estimate of drug-likeness (QED) is 0.0197. The minimum Gasteiger partial charge on any atom is -0.462 e. The standard InChI is InChI=1S/C66H113O11P/c1-4-7-10-13-16-19-22-25-27-29-31-33-35-38-41-44-47-50-53-56-65(69)76-62(58-67)60-74-78(71,72)75-61-63(59-73-64(68)55-52-49-46-43-40-37-24-21-18-15-12-9-6-3)77-66(70)57-54-51-48-45-42-39-36-34-32-30-28-26-23-20-17-14-11-8-5-2/h8-9,11-12,17-18,20-21,25-28,32,34,37,40,62-63,67H,4-7,10,13-16,19,22-24,29-31,33,35-36,38-39,41-61H2,1-3H3,(H,71,72)/b11-8-,12-9-,20-17-,21-18-,27-25-,28-26-,34-32-,40-37-. The van der Waals surface area contributed by atoms with E-state index in [1.54, 1.807) is 0 Å². The first-order valence-corrected chi connectivity index (χ1v) is 32.6. The van der Waals surface area contributed by atoms with E-state index in [0.717, 1.165) is 122 Å². The van der Waals surface area contributed by atoms with Gasteiger partial charge in [-0.1, -0.05) is 227 Å². The number of unbranched alkanes of at least 4 members (excludes halogenated alkanes) is 24. The van der Waals surface area contributed by atoms with Crippen molar-refractivity contribution >= 4 is 25.7 Å². The van der Waals surface area contributed by atoms with Crippen LogP contribution in [0.5, 0.6) is 0 Å². The third-order valence-electron chi connectivity index (χ3n) is 13.0. The highest BCUT2D eigenvalue weighted by molar-refractivity contribution is 7.47. The topological polar surface area (TPSA) is 155 Å². The van der Waals surface area contributed by atoms with Crippen molar-refractivity contribution in [1.82, 2.24) is 0 Å². The van der Waals surface area contributed by atoms with E-state index in [2.05, 4.69) is 118 Å². The maximum absolute atomic E-state index is 12.9. The summed E-state index contributed by atoms with van der Waals surface area (Å²) >= 11 is 0. The third kappa shape index (κ3) is 57.1. The summed E-state index contributed by atoms with van der Waals surface area (Å²) in [7, 11) is -4.77. The number of carbonyl (C=O) groups is 3. The number of phosphoric acid groups is 1. The zero-order valence-electron chi connectivity index (χ0n) is 49.6. The number of aliphatic hydroxyl groups is 1. The molecule has 0 amide bonds. The van der Waals surface area contributed by atoms with Gasteiger partial charge in [0.15, 0.2) is 6.10 Å². The number of rotatable bonds is 57. The molecule has 0 aromatic heterocycles. The van der Waals surface area contributed by atoms with Crippen LogP contribution in [0.1, 0.15) is 265 Å². The van der Waals surface area contributed by atoms with Gasteiger partial charge in [0.25, 0.3) is 0 Å². The van der Waals surface area contributed by atoms with Crippen molar-refractivity contribution in [1.29, 1.82) is 0 Å². The summed E-state index contributed by atoms with van der Waals surface area (Å²) in [4.78, 5) is 48.7. The molecule has 0 aliphatic heterocycles. The van der Waals surface area contributed by atoms with Gasteiger partial charge in [0.1, 0.15) is 12.7 Å². The average molecular weight is 1110 g/mol. The molecule has 78 heavy (non-hydrogen) atoms. The first-order chi connectivity index (χ1) is 38.2. The Kier molecular flexibility index (Phi) is 56.8. The number of allylic oxidation sites excluding steroid dienone is 16. The largest absolute Gasteiger partial charge is 0.472 e. The normalized spacial score (nSPS) is 14.0. The minimum atomic E-state index is -4.77. The van der Waals surface area contributed by atoms with E-state index in [4.69, 9.17) is 23.3 Å². The predicted molar refractivity (Wildman–Crippen MR) is 325 cm³/mol. The fourth-order valence-electron chi connectivity index (χ4n) is 8.30. The number of carbonyl (C=O) groups excluding carboxylic acids is 3. The number of aliphatic hydroxyl groups excluding tert-OH is 1. The van der Waals surface area contributed by atoms with E-state index in [-0.39, 0.29) is 25.9 Å². The highest BCUT2D eigenvalue weighted by atomic mass is 31.2. The summed E-state index contributed by atoms with van der Waals surface area (Å²) in [5, 5.41) is 9.85. The highest BCUT2D eigenvalue weighted by Gasteiger charge is 2.28. The molecule has 3 atom stereocenters.